The van der Waals surface area contributed by atoms with Gasteiger partial charge in [0.25, 0.3) is 0 Å². The number of hydrogen-bond donors (Lipinski definition) is 1. The summed E-state index contributed by atoms with van der Waals surface area (Å²) < 4.78 is 5.15. The Labute approximate surface area is 101 Å². The molecular formula is C13H28N2O. The molecule has 1 fully saturated rings. The van der Waals surface area contributed by atoms with Crippen LogP contribution in [0.25, 0.3) is 0 Å². The summed E-state index contributed by atoms with van der Waals surface area (Å²) in [6.45, 7) is 9.06. The number of ether oxygens (including phenoxy) is 1. The fourth-order valence-electron chi connectivity index (χ4n) is 2.39. The Morgan fingerprint density at radius 1 is 1.50 bits per heavy atom. The molecule has 1 N–H and O–H groups in total. The molecule has 2 unspecified atom stereocenters. The fourth-order valence-corrected chi connectivity index (χ4v) is 2.39. The third-order valence-corrected chi connectivity index (χ3v) is 3.50. The lowest BCUT2D eigenvalue weighted by Gasteiger charge is -2.37. The average molecular weight is 228 g/mol. The molecule has 1 aliphatic rings. The Hall–Kier alpha value is -0.120. The van der Waals surface area contributed by atoms with Crippen molar-refractivity contribution in [2.75, 3.05) is 33.4 Å². The highest BCUT2D eigenvalue weighted by atomic mass is 16.5. The standard InChI is InChI=1S/C13H28N2O/c1-4-8-14-13-6-5-9-15(11-13)12(2)7-10-16-3/h12-14H,4-11H2,1-3H3. The molecule has 1 aliphatic heterocycles. The van der Waals surface area contributed by atoms with Crippen molar-refractivity contribution in [3.63, 3.8) is 0 Å². The van der Waals surface area contributed by atoms with E-state index in [1.807, 2.05) is 0 Å². The summed E-state index contributed by atoms with van der Waals surface area (Å²) in [5.41, 5.74) is 0. The topological polar surface area (TPSA) is 24.5 Å². The summed E-state index contributed by atoms with van der Waals surface area (Å²) >= 11 is 0. The molecule has 0 amide bonds. The van der Waals surface area contributed by atoms with Crippen molar-refractivity contribution in [1.82, 2.24) is 10.2 Å². The molecule has 0 aliphatic carbocycles. The first-order valence-corrected chi connectivity index (χ1v) is 6.74. The van der Waals surface area contributed by atoms with Gasteiger partial charge in [0.05, 0.1) is 0 Å². The van der Waals surface area contributed by atoms with Gasteiger partial charge in [0.15, 0.2) is 0 Å². The summed E-state index contributed by atoms with van der Waals surface area (Å²) in [5.74, 6) is 0. The van der Waals surface area contributed by atoms with Crippen LogP contribution in [0.4, 0.5) is 0 Å². The zero-order valence-electron chi connectivity index (χ0n) is 11.2. The molecule has 2 atom stereocenters. The monoisotopic (exact) mass is 228 g/mol. The van der Waals surface area contributed by atoms with Crippen LogP contribution in [0.3, 0.4) is 0 Å². The normalized spacial score (nSPS) is 24.6. The van der Waals surface area contributed by atoms with E-state index >= 15 is 0 Å². The molecule has 1 heterocycles. The number of likely N-dealkylation sites (tertiary alicyclic amines) is 1. The van der Waals surface area contributed by atoms with Gasteiger partial charge in [-0.05, 0) is 45.7 Å². The van der Waals surface area contributed by atoms with Crippen molar-refractivity contribution in [3.8, 4) is 0 Å². The SMILES string of the molecule is CCCNC1CCCN(C(C)CCOC)C1. The Balaban J connectivity index is 2.25. The quantitative estimate of drug-likeness (QED) is 0.720. The Morgan fingerprint density at radius 3 is 3.00 bits per heavy atom. The maximum Gasteiger partial charge on any atom is 0.0477 e. The molecule has 96 valence electrons. The number of methoxy groups -OCH3 is 1. The highest BCUT2D eigenvalue weighted by Crippen LogP contribution is 2.14. The largest absolute Gasteiger partial charge is 0.385 e. The van der Waals surface area contributed by atoms with E-state index in [2.05, 4.69) is 24.1 Å². The smallest absolute Gasteiger partial charge is 0.0477 e. The van der Waals surface area contributed by atoms with Crippen LogP contribution in [0, 0.1) is 0 Å². The zero-order valence-corrected chi connectivity index (χ0v) is 11.2. The molecular weight excluding hydrogens is 200 g/mol. The second kappa shape index (κ2) is 8.04. The Bertz CT molecular complexity index is 169. The van der Waals surface area contributed by atoms with E-state index in [1.165, 1.54) is 32.4 Å². The maximum atomic E-state index is 5.15. The first-order valence-electron chi connectivity index (χ1n) is 6.74. The molecule has 16 heavy (non-hydrogen) atoms. The van der Waals surface area contributed by atoms with Crippen molar-refractivity contribution >= 4 is 0 Å². The van der Waals surface area contributed by atoms with Crippen LogP contribution in [0.15, 0.2) is 0 Å². The van der Waals surface area contributed by atoms with Crippen molar-refractivity contribution in [1.29, 1.82) is 0 Å². The number of rotatable bonds is 7. The van der Waals surface area contributed by atoms with E-state index in [0.29, 0.717) is 12.1 Å². The van der Waals surface area contributed by atoms with E-state index in [9.17, 15) is 0 Å². The van der Waals surface area contributed by atoms with Crippen LogP contribution in [-0.2, 0) is 4.74 Å². The van der Waals surface area contributed by atoms with Crippen LogP contribution in [0.2, 0.25) is 0 Å². The minimum absolute atomic E-state index is 0.658. The van der Waals surface area contributed by atoms with Crippen molar-refractivity contribution < 1.29 is 4.74 Å². The van der Waals surface area contributed by atoms with Gasteiger partial charge in [-0.3, -0.25) is 4.90 Å². The first-order chi connectivity index (χ1) is 7.77. The predicted molar refractivity (Wildman–Crippen MR) is 68.8 cm³/mol. The van der Waals surface area contributed by atoms with E-state index in [-0.39, 0.29) is 0 Å². The molecule has 1 rings (SSSR count). The lowest BCUT2D eigenvalue weighted by Crippen LogP contribution is -2.49. The van der Waals surface area contributed by atoms with Gasteiger partial charge in [-0.25, -0.2) is 0 Å². The van der Waals surface area contributed by atoms with Crippen LogP contribution in [-0.4, -0.2) is 50.3 Å². The first kappa shape index (κ1) is 13.9. The summed E-state index contributed by atoms with van der Waals surface area (Å²) in [6.07, 6.45) is 5.05. The van der Waals surface area contributed by atoms with Gasteiger partial charge in [0.2, 0.25) is 0 Å². The van der Waals surface area contributed by atoms with Crippen LogP contribution in [0.1, 0.15) is 39.5 Å². The van der Waals surface area contributed by atoms with Crippen molar-refractivity contribution in [2.45, 2.75) is 51.6 Å². The van der Waals surface area contributed by atoms with E-state index < -0.39 is 0 Å². The van der Waals surface area contributed by atoms with Gasteiger partial charge >= 0.3 is 0 Å². The minimum atomic E-state index is 0.658. The van der Waals surface area contributed by atoms with Crippen molar-refractivity contribution in [3.05, 3.63) is 0 Å². The number of nitrogens with one attached hydrogen (secondary N) is 1. The average Bonchev–Trinajstić information content (AvgIpc) is 2.33. The second-order valence-corrected chi connectivity index (χ2v) is 4.92. The molecule has 0 saturated carbocycles. The summed E-state index contributed by atoms with van der Waals surface area (Å²) in [5, 5.41) is 3.64. The predicted octanol–water partition coefficient (Wildman–Crippen LogP) is 1.88. The molecule has 0 bridgehead atoms. The number of nitrogens with zero attached hydrogens (tertiary/aromatic N) is 1. The molecule has 3 heteroatoms. The molecule has 0 radical (unpaired) electrons. The third kappa shape index (κ3) is 4.81. The van der Waals surface area contributed by atoms with E-state index in [1.54, 1.807) is 7.11 Å². The zero-order chi connectivity index (χ0) is 11.8. The number of piperidine rings is 1. The Kier molecular flexibility index (Phi) is 7.01. The summed E-state index contributed by atoms with van der Waals surface area (Å²) in [4.78, 5) is 2.61. The van der Waals surface area contributed by atoms with Gasteiger partial charge in [0.1, 0.15) is 0 Å². The molecule has 0 aromatic carbocycles. The second-order valence-electron chi connectivity index (χ2n) is 4.92. The van der Waals surface area contributed by atoms with Gasteiger partial charge in [-0.2, -0.15) is 0 Å². The highest BCUT2D eigenvalue weighted by Gasteiger charge is 2.22. The summed E-state index contributed by atoms with van der Waals surface area (Å²) in [6, 6.07) is 1.37. The molecule has 0 aromatic heterocycles. The van der Waals surface area contributed by atoms with Crippen LogP contribution >= 0.6 is 0 Å². The van der Waals surface area contributed by atoms with Gasteiger partial charge in [0, 0.05) is 32.3 Å². The van der Waals surface area contributed by atoms with Crippen LogP contribution < -0.4 is 5.32 Å². The third-order valence-electron chi connectivity index (χ3n) is 3.50. The van der Waals surface area contributed by atoms with Gasteiger partial charge in [-0.1, -0.05) is 6.92 Å². The molecule has 1 saturated heterocycles. The van der Waals surface area contributed by atoms with Gasteiger partial charge < -0.3 is 10.1 Å². The lowest BCUT2D eigenvalue weighted by molar-refractivity contribution is 0.109. The fraction of sp³-hybridized carbons (Fsp3) is 1.00. The summed E-state index contributed by atoms with van der Waals surface area (Å²) in [7, 11) is 1.79. The van der Waals surface area contributed by atoms with E-state index in [4.69, 9.17) is 4.74 Å². The minimum Gasteiger partial charge on any atom is -0.385 e. The number of hydrogen-bond acceptors (Lipinski definition) is 3. The van der Waals surface area contributed by atoms with E-state index in [0.717, 1.165) is 19.6 Å². The molecule has 0 spiro atoms. The lowest BCUT2D eigenvalue weighted by atomic mass is 10.0. The maximum absolute atomic E-state index is 5.15. The van der Waals surface area contributed by atoms with Crippen molar-refractivity contribution in [2.24, 2.45) is 0 Å². The highest BCUT2D eigenvalue weighted by molar-refractivity contribution is 4.80. The van der Waals surface area contributed by atoms with Gasteiger partial charge in [-0.15, -0.1) is 0 Å². The molecule has 0 aromatic rings. The Morgan fingerprint density at radius 2 is 2.31 bits per heavy atom. The van der Waals surface area contributed by atoms with Crippen LogP contribution in [0.5, 0.6) is 0 Å². The molecule has 3 nitrogen and oxygen atoms in total.